The van der Waals surface area contributed by atoms with Gasteiger partial charge in [-0.1, -0.05) is 36.4 Å². The number of nitrogens with one attached hydrogen (secondary N) is 1. The summed E-state index contributed by atoms with van der Waals surface area (Å²) in [5.74, 6) is 1.59. The average Bonchev–Trinajstić information content (AvgIpc) is 3.30. The van der Waals surface area contributed by atoms with Crippen LogP contribution in [-0.4, -0.2) is 49.7 Å². The van der Waals surface area contributed by atoms with Crippen LogP contribution >= 0.6 is 23.1 Å². The topological polar surface area (TPSA) is 90.6 Å². The first kappa shape index (κ1) is 16.6. The smallest absolute Gasteiger partial charge is 0.206 e. The van der Waals surface area contributed by atoms with Crippen molar-refractivity contribution in [2.45, 2.75) is 55.3 Å². The summed E-state index contributed by atoms with van der Waals surface area (Å²) in [6.45, 7) is 4.69. The molecular weight excluding hydrogens is 334 g/mol. The van der Waals surface area contributed by atoms with Crippen LogP contribution in [0.15, 0.2) is 4.34 Å². The minimum absolute atomic E-state index is 0.304. The van der Waals surface area contributed by atoms with E-state index in [2.05, 4.69) is 38.0 Å². The van der Waals surface area contributed by atoms with Crippen LogP contribution < -0.4 is 5.32 Å². The Labute approximate surface area is 143 Å². The summed E-state index contributed by atoms with van der Waals surface area (Å²) in [5, 5.41) is 24.4. The molecule has 1 aliphatic heterocycles. The zero-order valence-electron chi connectivity index (χ0n) is 13.1. The zero-order chi connectivity index (χ0) is 15.9. The molecule has 126 valence electrons. The lowest BCUT2D eigenvalue weighted by atomic mass is 10.2. The highest BCUT2D eigenvalue weighted by molar-refractivity contribution is 8.00. The zero-order valence-corrected chi connectivity index (χ0v) is 14.8. The van der Waals surface area contributed by atoms with Crippen LogP contribution in [0.5, 0.6) is 0 Å². The molecule has 0 aromatic carbocycles. The highest BCUT2D eigenvalue weighted by Gasteiger charge is 2.16. The molecule has 1 fully saturated rings. The van der Waals surface area contributed by atoms with Crippen molar-refractivity contribution in [1.82, 2.24) is 30.4 Å². The fraction of sp³-hybridized carbons (Fsp3) is 0.769. The van der Waals surface area contributed by atoms with Gasteiger partial charge in [0.15, 0.2) is 10.2 Å². The third-order valence-electron chi connectivity index (χ3n) is 3.57. The fourth-order valence-corrected chi connectivity index (χ4v) is 3.97. The Morgan fingerprint density at radius 3 is 3.17 bits per heavy atom. The molecule has 0 saturated carbocycles. The minimum Gasteiger partial charge on any atom is -0.376 e. The van der Waals surface area contributed by atoms with Crippen molar-refractivity contribution in [3.8, 4) is 0 Å². The van der Waals surface area contributed by atoms with Gasteiger partial charge in [0.05, 0.1) is 11.9 Å². The monoisotopic (exact) mass is 355 g/mol. The van der Waals surface area contributed by atoms with E-state index in [4.69, 9.17) is 4.74 Å². The Balaban J connectivity index is 1.46. The lowest BCUT2D eigenvalue weighted by Gasteiger charge is -2.08. The van der Waals surface area contributed by atoms with E-state index in [1.807, 2.05) is 4.68 Å². The van der Waals surface area contributed by atoms with Gasteiger partial charge < -0.3 is 10.1 Å². The molecule has 1 unspecified atom stereocenters. The van der Waals surface area contributed by atoms with E-state index in [1.165, 1.54) is 0 Å². The van der Waals surface area contributed by atoms with Crippen molar-refractivity contribution in [3.05, 3.63) is 5.82 Å². The van der Waals surface area contributed by atoms with Gasteiger partial charge in [0, 0.05) is 19.7 Å². The molecule has 0 amide bonds. The second-order valence-electron chi connectivity index (χ2n) is 5.35. The number of aromatic nitrogens is 6. The molecule has 0 spiro atoms. The number of ether oxygens (including phenoxy) is 1. The SMILES string of the molecule is CCCCn1nnnc1CSc1nnc(NCC2CCCO2)s1. The highest BCUT2D eigenvalue weighted by Crippen LogP contribution is 2.28. The van der Waals surface area contributed by atoms with Gasteiger partial charge in [-0.05, 0) is 29.7 Å². The van der Waals surface area contributed by atoms with Crippen LogP contribution in [0.25, 0.3) is 0 Å². The lowest BCUT2D eigenvalue weighted by Crippen LogP contribution is -2.18. The number of hydrogen-bond acceptors (Lipinski definition) is 9. The van der Waals surface area contributed by atoms with Crippen LogP contribution in [0.1, 0.15) is 38.4 Å². The number of nitrogens with zero attached hydrogens (tertiary/aromatic N) is 6. The molecule has 10 heteroatoms. The predicted molar refractivity (Wildman–Crippen MR) is 89.7 cm³/mol. The van der Waals surface area contributed by atoms with Crippen molar-refractivity contribution >= 4 is 28.2 Å². The molecule has 1 saturated heterocycles. The number of hydrogen-bond donors (Lipinski definition) is 1. The van der Waals surface area contributed by atoms with Gasteiger partial charge in [-0.25, -0.2) is 4.68 Å². The molecule has 1 atom stereocenters. The van der Waals surface area contributed by atoms with E-state index >= 15 is 0 Å². The largest absolute Gasteiger partial charge is 0.376 e. The van der Waals surface area contributed by atoms with Gasteiger partial charge in [0.2, 0.25) is 5.13 Å². The van der Waals surface area contributed by atoms with Crippen molar-refractivity contribution in [3.63, 3.8) is 0 Å². The van der Waals surface area contributed by atoms with E-state index in [-0.39, 0.29) is 0 Å². The van der Waals surface area contributed by atoms with E-state index in [1.54, 1.807) is 23.1 Å². The number of rotatable bonds is 9. The molecule has 23 heavy (non-hydrogen) atoms. The average molecular weight is 355 g/mol. The van der Waals surface area contributed by atoms with Gasteiger partial charge in [-0.2, -0.15) is 0 Å². The number of aryl methyl sites for hydroxylation is 1. The Hall–Kier alpha value is -1.26. The molecular formula is C13H21N7OS2. The second kappa shape index (κ2) is 8.55. The molecule has 8 nitrogen and oxygen atoms in total. The molecule has 1 aliphatic rings. The summed E-state index contributed by atoms with van der Waals surface area (Å²) in [4.78, 5) is 0. The summed E-state index contributed by atoms with van der Waals surface area (Å²) >= 11 is 3.17. The Kier molecular flexibility index (Phi) is 6.17. The quantitative estimate of drug-likeness (QED) is 0.685. The minimum atomic E-state index is 0.304. The van der Waals surface area contributed by atoms with Gasteiger partial charge in [0.25, 0.3) is 0 Å². The first-order valence-electron chi connectivity index (χ1n) is 7.92. The Morgan fingerprint density at radius 1 is 1.39 bits per heavy atom. The van der Waals surface area contributed by atoms with E-state index in [0.29, 0.717) is 11.9 Å². The third kappa shape index (κ3) is 4.85. The fourth-order valence-electron chi connectivity index (χ4n) is 2.28. The van der Waals surface area contributed by atoms with Gasteiger partial charge in [-0.3, -0.25) is 0 Å². The Bertz CT molecular complexity index is 597. The van der Waals surface area contributed by atoms with Crippen LogP contribution in [0.2, 0.25) is 0 Å². The summed E-state index contributed by atoms with van der Waals surface area (Å²) in [6, 6.07) is 0. The van der Waals surface area contributed by atoms with Crippen LogP contribution in [0.3, 0.4) is 0 Å². The first-order valence-corrected chi connectivity index (χ1v) is 9.72. The Morgan fingerprint density at radius 2 is 2.35 bits per heavy atom. The van der Waals surface area contributed by atoms with Gasteiger partial charge in [0.1, 0.15) is 0 Å². The lowest BCUT2D eigenvalue weighted by molar-refractivity contribution is 0.120. The molecule has 3 heterocycles. The summed E-state index contributed by atoms with van der Waals surface area (Å²) in [7, 11) is 0. The molecule has 2 aromatic heterocycles. The van der Waals surface area contributed by atoms with E-state index < -0.39 is 0 Å². The summed E-state index contributed by atoms with van der Waals surface area (Å²) in [6.07, 6.45) is 4.78. The molecule has 1 N–H and O–H groups in total. The number of tetrazole rings is 1. The normalized spacial score (nSPS) is 17.7. The highest BCUT2D eigenvalue weighted by atomic mass is 32.2. The maximum atomic E-state index is 5.59. The van der Waals surface area contributed by atoms with Crippen molar-refractivity contribution in [1.29, 1.82) is 0 Å². The van der Waals surface area contributed by atoms with E-state index in [9.17, 15) is 0 Å². The maximum absolute atomic E-state index is 5.59. The molecule has 2 aromatic rings. The summed E-state index contributed by atoms with van der Waals surface area (Å²) < 4.78 is 8.38. The number of unbranched alkanes of at least 4 members (excludes halogenated alkanes) is 1. The van der Waals surface area contributed by atoms with Crippen LogP contribution in [0, 0.1) is 0 Å². The van der Waals surface area contributed by atoms with E-state index in [0.717, 1.165) is 60.7 Å². The van der Waals surface area contributed by atoms with Crippen LogP contribution in [-0.2, 0) is 17.0 Å². The molecule has 0 radical (unpaired) electrons. The van der Waals surface area contributed by atoms with Gasteiger partial charge >= 0.3 is 0 Å². The van der Waals surface area contributed by atoms with Gasteiger partial charge in [-0.15, -0.1) is 15.3 Å². The summed E-state index contributed by atoms with van der Waals surface area (Å²) in [5.41, 5.74) is 0. The second-order valence-corrected chi connectivity index (χ2v) is 7.55. The molecule has 0 aliphatic carbocycles. The predicted octanol–water partition coefficient (Wildman–Crippen LogP) is 2.21. The number of thioether (sulfide) groups is 1. The van der Waals surface area contributed by atoms with Crippen molar-refractivity contribution in [2.24, 2.45) is 0 Å². The molecule has 0 bridgehead atoms. The third-order valence-corrected chi connectivity index (χ3v) is 5.58. The van der Waals surface area contributed by atoms with Crippen LogP contribution in [0.4, 0.5) is 5.13 Å². The number of anilines is 1. The van der Waals surface area contributed by atoms with Crippen molar-refractivity contribution in [2.75, 3.05) is 18.5 Å². The maximum Gasteiger partial charge on any atom is 0.206 e. The standard InChI is InChI=1S/C13H21N7OS2/c1-2-3-6-20-11(15-18-19-20)9-22-13-17-16-12(23-13)14-8-10-5-4-7-21-10/h10H,2-9H2,1H3,(H,14,16). The molecule has 3 rings (SSSR count). The van der Waals surface area contributed by atoms with Crippen molar-refractivity contribution < 1.29 is 4.74 Å². The first-order chi connectivity index (χ1) is 11.3.